The van der Waals surface area contributed by atoms with Gasteiger partial charge in [0.15, 0.2) is 0 Å². The number of carbonyl (C=O) groups excluding carboxylic acids is 1. The topological polar surface area (TPSA) is 45.3 Å². The summed E-state index contributed by atoms with van der Waals surface area (Å²) in [7, 11) is 1.67. The van der Waals surface area contributed by atoms with Crippen molar-refractivity contribution in [1.82, 2.24) is 9.88 Å². The third kappa shape index (κ3) is 2.50. The van der Waals surface area contributed by atoms with Gasteiger partial charge in [-0.1, -0.05) is 25.5 Å². The summed E-state index contributed by atoms with van der Waals surface area (Å²) in [5, 5.41) is 1.08. The maximum Gasteiger partial charge on any atom is 0.227 e. The molecule has 3 unspecified atom stereocenters. The SMILES string of the molecule is CCC1CC2C=CC1N(C(=O)Cc1c[nH]c3ccc(OC)cc13)C2. The minimum atomic E-state index is 0.233. The van der Waals surface area contributed by atoms with Crippen LogP contribution < -0.4 is 4.74 Å². The highest BCUT2D eigenvalue weighted by molar-refractivity contribution is 5.90. The first-order valence-electron chi connectivity index (χ1n) is 8.81. The molecular weight excluding hydrogens is 300 g/mol. The van der Waals surface area contributed by atoms with E-state index < -0.39 is 0 Å². The van der Waals surface area contributed by atoms with Gasteiger partial charge in [0.1, 0.15) is 5.75 Å². The molecule has 1 amide bonds. The zero-order valence-electron chi connectivity index (χ0n) is 14.3. The molecular formula is C20H24N2O2. The van der Waals surface area contributed by atoms with Gasteiger partial charge in [-0.05, 0) is 42.0 Å². The van der Waals surface area contributed by atoms with Crippen molar-refractivity contribution in [3.63, 3.8) is 0 Å². The predicted molar refractivity (Wildman–Crippen MR) is 95.1 cm³/mol. The summed E-state index contributed by atoms with van der Waals surface area (Å²) >= 11 is 0. The molecule has 2 aromatic rings. The largest absolute Gasteiger partial charge is 0.497 e. The Kier molecular flexibility index (Phi) is 3.83. The van der Waals surface area contributed by atoms with Gasteiger partial charge >= 0.3 is 0 Å². The van der Waals surface area contributed by atoms with Crippen molar-refractivity contribution in [2.75, 3.05) is 13.7 Å². The summed E-state index contributed by atoms with van der Waals surface area (Å²) in [5.74, 6) is 2.20. The Labute approximate surface area is 142 Å². The van der Waals surface area contributed by atoms with Crippen LogP contribution in [0, 0.1) is 11.8 Å². The lowest BCUT2D eigenvalue weighted by Gasteiger charge is -2.46. The molecule has 5 rings (SSSR count). The number of hydrogen-bond donors (Lipinski definition) is 1. The van der Waals surface area contributed by atoms with Crippen LogP contribution in [-0.4, -0.2) is 35.5 Å². The Bertz CT molecular complexity index is 792. The number of rotatable bonds is 4. The van der Waals surface area contributed by atoms with Gasteiger partial charge in [0.05, 0.1) is 19.6 Å². The van der Waals surface area contributed by atoms with Crippen LogP contribution in [-0.2, 0) is 11.2 Å². The highest BCUT2D eigenvalue weighted by atomic mass is 16.5. The first-order valence-corrected chi connectivity index (χ1v) is 8.81. The third-order valence-corrected chi connectivity index (χ3v) is 5.62. The van der Waals surface area contributed by atoms with Crippen LogP contribution in [0.5, 0.6) is 5.75 Å². The Morgan fingerprint density at radius 1 is 1.38 bits per heavy atom. The average Bonchev–Trinajstić information content (AvgIpc) is 3.03. The number of hydrogen-bond acceptors (Lipinski definition) is 2. The fraction of sp³-hybridized carbons (Fsp3) is 0.450. The van der Waals surface area contributed by atoms with Crippen molar-refractivity contribution >= 4 is 16.8 Å². The van der Waals surface area contributed by atoms with Crippen LogP contribution >= 0.6 is 0 Å². The molecule has 24 heavy (non-hydrogen) atoms. The van der Waals surface area contributed by atoms with E-state index in [4.69, 9.17) is 4.74 Å². The molecule has 1 aliphatic carbocycles. The van der Waals surface area contributed by atoms with E-state index in [0.717, 1.165) is 35.2 Å². The Morgan fingerprint density at radius 2 is 2.25 bits per heavy atom. The third-order valence-electron chi connectivity index (χ3n) is 5.62. The minimum Gasteiger partial charge on any atom is -0.497 e. The molecule has 1 aromatic heterocycles. The Morgan fingerprint density at radius 3 is 3.00 bits per heavy atom. The molecule has 2 bridgehead atoms. The van der Waals surface area contributed by atoms with Gasteiger partial charge in [0, 0.05) is 23.6 Å². The smallest absolute Gasteiger partial charge is 0.227 e. The second-order valence-electron chi connectivity index (χ2n) is 6.99. The summed E-state index contributed by atoms with van der Waals surface area (Å²) in [6.45, 7) is 3.11. The van der Waals surface area contributed by atoms with E-state index >= 15 is 0 Å². The van der Waals surface area contributed by atoms with E-state index in [1.54, 1.807) is 7.11 Å². The Hall–Kier alpha value is -2.23. The van der Waals surface area contributed by atoms with Crippen LogP contribution in [0.4, 0.5) is 0 Å². The number of aromatic amines is 1. The maximum absolute atomic E-state index is 13.0. The number of carbonyl (C=O) groups is 1. The first-order chi connectivity index (χ1) is 11.7. The molecule has 1 fully saturated rings. The standard InChI is InChI=1S/C20H24N2O2/c1-3-14-8-13-4-7-19(14)22(12-13)20(23)9-15-11-21-18-6-5-16(24-2)10-17(15)18/h4-7,10-11,13-14,19,21H,3,8-9,12H2,1-2H3. The molecule has 1 saturated heterocycles. The second-order valence-corrected chi connectivity index (χ2v) is 6.99. The number of fused-ring (bicyclic) bond motifs is 3. The molecule has 4 nitrogen and oxygen atoms in total. The summed E-state index contributed by atoms with van der Waals surface area (Å²) < 4.78 is 5.32. The van der Waals surface area contributed by atoms with Crippen LogP contribution in [0.2, 0.25) is 0 Å². The predicted octanol–water partition coefficient (Wildman–Crippen LogP) is 3.53. The average molecular weight is 324 g/mol. The summed E-state index contributed by atoms with van der Waals surface area (Å²) in [4.78, 5) is 18.3. The van der Waals surface area contributed by atoms with Crippen molar-refractivity contribution in [3.8, 4) is 5.75 Å². The zero-order chi connectivity index (χ0) is 16.7. The molecule has 1 aromatic carbocycles. The normalized spacial score (nSPS) is 25.4. The molecule has 1 N–H and O–H groups in total. The van der Waals surface area contributed by atoms with Crippen molar-refractivity contribution in [1.29, 1.82) is 0 Å². The van der Waals surface area contributed by atoms with E-state index in [1.165, 1.54) is 6.42 Å². The van der Waals surface area contributed by atoms with E-state index in [9.17, 15) is 4.79 Å². The number of amides is 1. The molecule has 4 heteroatoms. The molecule has 3 atom stereocenters. The molecule has 0 radical (unpaired) electrons. The fourth-order valence-corrected chi connectivity index (χ4v) is 4.27. The van der Waals surface area contributed by atoms with Gasteiger partial charge in [-0.15, -0.1) is 0 Å². The van der Waals surface area contributed by atoms with Crippen LogP contribution in [0.15, 0.2) is 36.5 Å². The molecule has 2 aliphatic heterocycles. The first kappa shape index (κ1) is 15.3. The van der Waals surface area contributed by atoms with Crippen molar-refractivity contribution < 1.29 is 9.53 Å². The van der Waals surface area contributed by atoms with Gasteiger partial charge in [-0.25, -0.2) is 0 Å². The molecule has 0 spiro atoms. The van der Waals surface area contributed by atoms with E-state index in [2.05, 4.69) is 29.0 Å². The Balaban J connectivity index is 1.57. The number of H-pyrrole nitrogens is 1. The number of benzene rings is 1. The minimum absolute atomic E-state index is 0.233. The van der Waals surface area contributed by atoms with Gasteiger partial charge in [0.25, 0.3) is 0 Å². The maximum atomic E-state index is 13.0. The zero-order valence-corrected chi connectivity index (χ0v) is 14.3. The monoisotopic (exact) mass is 324 g/mol. The van der Waals surface area contributed by atoms with Gasteiger partial charge in [-0.2, -0.15) is 0 Å². The van der Waals surface area contributed by atoms with E-state index in [-0.39, 0.29) is 11.9 Å². The van der Waals surface area contributed by atoms with E-state index in [0.29, 0.717) is 18.3 Å². The lowest BCUT2D eigenvalue weighted by atomic mass is 9.76. The number of nitrogens with one attached hydrogen (secondary N) is 1. The molecule has 0 saturated carbocycles. The highest BCUT2D eigenvalue weighted by Gasteiger charge is 2.38. The van der Waals surface area contributed by atoms with Gasteiger partial charge in [0.2, 0.25) is 5.91 Å². The second kappa shape index (κ2) is 6.00. The molecule has 3 heterocycles. The number of methoxy groups -OCH3 is 1. The summed E-state index contributed by atoms with van der Waals surface area (Å²) in [5.41, 5.74) is 2.09. The number of nitrogens with zero attached hydrogens (tertiary/aromatic N) is 1. The number of piperidine rings is 1. The van der Waals surface area contributed by atoms with Crippen LogP contribution in [0.3, 0.4) is 0 Å². The molecule has 3 aliphatic rings. The molecule has 126 valence electrons. The lowest BCUT2D eigenvalue weighted by molar-refractivity contribution is -0.135. The van der Waals surface area contributed by atoms with Crippen LogP contribution in [0.1, 0.15) is 25.3 Å². The van der Waals surface area contributed by atoms with Crippen molar-refractivity contribution in [3.05, 3.63) is 42.1 Å². The number of aromatic nitrogens is 1. The summed E-state index contributed by atoms with van der Waals surface area (Å²) in [6.07, 6.45) is 9.32. The van der Waals surface area contributed by atoms with Gasteiger partial charge in [-0.3, -0.25) is 4.79 Å². The number of ether oxygens (including phenoxy) is 1. The van der Waals surface area contributed by atoms with Gasteiger partial charge < -0.3 is 14.6 Å². The van der Waals surface area contributed by atoms with Crippen molar-refractivity contribution in [2.45, 2.75) is 32.2 Å². The highest BCUT2D eigenvalue weighted by Crippen LogP contribution is 2.36. The van der Waals surface area contributed by atoms with Crippen molar-refractivity contribution in [2.24, 2.45) is 11.8 Å². The quantitative estimate of drug-likeness (QED) is 0.875. The fourth-order valence-electron chi connectivity index (χ4n) is 4.27. The summed E-state index contributed by atoms with van der Waals surface area (Å²) in [6, 6.07) is 6.23. The lowest BCUT2D eigenvalue weighted by Crippen LogP contribution is -2.53. The van der Waals surface area contributed by atoms with Crippen LogP contribution in [0.25, 0.3) is 10.9 Å². The van der Waals surface area contributed by atoms with E-state index in [1.807, 2.05) is 24.4 Å².